The molecule has 2 aromatic carbocycles. The molecule has 0 amide bonds. The molecule has 7 nitrogen and oxygen atoms in total. The van der Waals surface area contributed by atoms with Crippen LogP contribution < -0.4 is 5.32 Å². The van der Waals surface area contributed by atoms with Gasteiger partial charge >= 0.3 is 5.97 Å². The lowest BCUT2D eigenvalue weighted by Gasteiger charge is -2.38. The minimum atomic E-state index is -3.55. The Bertz CT molecular complexity index is 1190. The average molecular weight is 475 g/mol. The van der Waals surface area contributed by atoms with Crippen molar-refractivity contribution in [2.24, 2.45) is 5.92 Å². The Balaban J connectivity index is 1.46. The van der Waals surface area contributed by atoms with Crippen LogP contribution in [-0.4, -0.2) is 50.1 Å². The van der Waals surface area contributed by atoms with E-state index in [9.17, 15) is 18.3 Å². The van der Waals surface area contributed by atoms with Crippen molar-refractivity contribution < 1.29 is 23.1 Å². The van der Waals surface area contributed by atoms with E-state index in [-0.39, 0.29) is 28.3 Å². The smallest absolute Gasteiger partial charge is 0.335 e. The largest absolute Gasteiger partial charge is 0.478 e. The minimum Gasteiger partial charge on any atom is -0.478 e. The fourth-order valence-electron chi connectivity index (χ4n) is 4.89. The van der Waals surface area contributed by atoms with Gasteiger partial charge in [-0.1, -0.05) is 35.9 Å². The number of hydrogen-bond donors (Lipinski definition) is 2. The van der Waals surface area contributed by atoms with Gasteiger partial charge in [0.05, 0.1) is 40.4 Å². The Kier molecular flexibility index (Phi) is 5.49. The molecule has 3 atom stereocenters. The number of fused-ring (bicyclic) bond motifs is 3. The summed E-state index contributed by atoms with van der Waals surface area (Å²) in [5.41, 5.74) is 2.76. The molecule has 0 radical (unpaired) electrons. The van der Waals surface area contributed by atoms with Gasteiger partial charge in [-0.05, 0) is 47.7 Å². The van der Waals surface area contributed by atoms with E-state index in [1.807, 2.05) is 12.1 Å². The second-order valence-electron chi connectivity index (χ2n) is 8.29. The molecule has 0 aromatic heterocycles. The van der Waals surface area contributed by atoms with Gasteiger partial charge in [0.15, 0.2) is 0 Å². The summed E-state index contributed by atoms with van der Waals surface area (Å²) in [7, 11) is -3.55. The van der Waals surface area contributed by atoms with Crippen LogP contribution in [0.1, 0.15) is 39.9 Å². The third-order valence-corrected chi connectivity index (χ3v) is 8.73. The number of carboxylic acids is 1. The number of ether oxygens (including phenoxy) is 1. The van der Waals surface area contributed by atoms with Gasteiger partial charge in [0.1, 0.15) is 0 Å². The van der Waals surface area contributed by atoms with Crippen molar-refractivity contribution in [1.82, 2.24) is 4.31 Å². The summed E-state index contributed by atoms with van der Waals surface area (Å²) in [5, 5.41) is 13.3. The average Bonchev–Trinajstić information content (AvgIpc) is 3.29. The van der Waals surface area contributed by atoms with Gasteiger partial charge in [-0.2, -0.15) is 4.31 Å². The molecule has 3 aliphatic rings. The van der Waals surface area contributed by atoms with Crippen molar-refractivity contribution in [3.63, 3.8) is 0 Å². The van der Waals surface area contributed by atoms with Crippen molar-refractivity contribution in [3.05, 3.63) is 70.3 Å². The number of sulfonamides is 1. The summed E-state index contributed by atoms with van der Waals surface area (Å²) in [5.74, 6) is -0.776. The van der Waals surface area contributed by atoms with E-state index in [0.29, 0.717) is 31.3 Å². The van der Waals surface area contributed by atoms with E-state index in [1.165, 1.54) is 10.4 Å². The molecule has 9 heteroatoms. The molecule has 5 rings (SSSR count). The van der Waals surface area contributed by atoms with Gasteiger partial charge < -0.3 is 15.2 Å². The van der Waals surface area contributed by atoms with Gasteiger partial charge in [0.2, 0.25) is 10.0 Å². The number of carboxylic acid groups (broad SMARTS) is 1. The van der Waals surface area contributed by atoms with E-state index < -0.39 is 16.0 Å². The molecular formula is C23H23ClN2O5S. The maximum Gasteiger partial charge on any atom is 0.335 e. The van der Waals surface area contributed by atoms with Crippen molar-refractivity contribution in [2.75, 3.05) is 31.6 Å². The number of carbonyl (C=O) groups is 1. The second-order valence-corrected chi connectivity index (χ2v) is 10.6. The summed E-state index contributed by atoms with van der Waals surface area (Å²) in [6.45, 7) is 1.53. The first-order chi connectivity index (χ1) is 15.4. The Morgan fingerprint density at radius 2 is 1.88 bits per heavy atom. The number of rotatable bonds is 4. The Hall–Kier alpha value is -2.39. The van der Waals surface area contributed by atoms with Crippen LogP contribution in [0.4, 0.5) is 5.69 Å². The zero-order valence-corrected chi connectivity index (χ0v) is 18.8. The number of anilines is 1. The molecular weight excluding hydrogens is 452 g/mol. The van der Waals surface area contributed by atoms with Crippen LogP contribution in [0.15, 0.2) is 53.4 Å². The highest BCUT2D eigenvalue weighted by atomic mass is 35.5. The molecule has 0 saturated carbocycles. The van der Waals surface area contributed by atoms with Crippen molar-refractivity contribution in [3.8, 4) is 0 Å². The Labute approximate surface area is 191 Å². The molecule has 0 unspecified atom stereocenters. The molecule has 1 fully saturated rings. The van der Waals surface area contributed by atoms with Crippen molar-refractivity contribution in [1.29, 1.82) is 0 Å². The third kappa shape index (κ3) is 3.61. The van der Waals surface area contributed by atoms with E-state index >= 15 is 0 Å². The lowest BCUT2D eigenvalue weighted by atomic mass is 9.76. The molecule has 0 spiro atoms. The number of hydrogen-bond acceptors (Lipinski definition) is 5. The fraction of sp³-hybridized carbons (Fsp3) is 0.348. The molecule has 2 aromatic rings. The second kappa shape index (κ2) is 8.19. The standard InChI is InChI=1S/C23H23ClN2O5S/c24-20-13-15(23(27)28)12-19-17-2-1-3-18(17)21(25-22(19)20)14-4-6-16(7-5-14)32(29,30)26-8-10-31-11-9-26/h1-2,4-7,12-13,17-18,21,25H,3,8-11H2,(H,27,28)/t17-,18+,21+/m0/s1. The highest BCUT2D eigenvalue weighted by molar-refractivity contribution is 7.89. The summed E-state index contributed by atoms with van der Waals surface area (Å²) in [4.78, 5) is 11.8. The predicted octanol–water partition coefficient (Wildman–Crippen LogP) is 3.89. The lowest BCUT2D eigenvalue weighted by molar-refractivity contribution is 0.0696. The van der Waals surface area contributed by atoms with Crippen molar-refractivity contribution in [2.45, 2.75) is 23.3 Å². The highest BCUT2D eigenvalue weighted by Crippen LogP contribution is 2.51. The van der Waals surface area contributed by atoms with Crippen LogP contribution in [0, 0.1) is 5.92 Å². The number of nitrogens with zero attached hydrogens (tertiary/aromatic N) is 1. The van der Waals surface area contributed by atoms with Crippen LogP contribution >= 0.6 is 11.6 Å². The van der Waals surface area contributed by atoms with Gasteiger partial charge in [0, 0.05) is 19.0 Å². The van der Waals surface area contributed by atoms with E-state index in [4.69, 9.17) is 16.3 Å². The lowest BCUT2D eigenvalue weighted by Crippen LogP contribution is -2.40. The summed E-state index contributed by atoms with van der Waals surface area (Å²) in [6, 6.07) is 10.1. The third-order valence-electron chi connectivity index (χ3n) is 6.51. The Morgan fingerprint density at radius 1 is 1.16 bits per heavy atom. The molecule has 0 bridgehead atoms. The van der Waals surface area contributed by atoms with Crippen LogP contribution in [0.25, 0.3) is 0 Å². The normalized spacial score (nSPS) is 25.1. The van der Waals surface area contributed by atoms with Gasteiger partial charge in [-0.3, -0.25) is 0 Å². The molecule has 1 saturated heterocycles. The van der Waals surface area contributed by atoms with Crippen LogP contribution in [-0.2, 0) is 14.8 Å². The number of allylic oxidation sites excluding steroid dienone is 2. The summed E-state index contributed by atoms with van der Waals surface area (Å²) >= 11 is 6.46. The van der Waals surface area contributed by atoms with Crippen molar-refractivity contribution >= 4 is 33.3 Å². The quantitative estimate of drug-likeness (QED) is 0.653. The van der Waals surface area contributed by atoms with Crippen LogP contribution in [0.5, 0.6) is 0 Å². The van der Waals surface area contributed by atoms with Crippen LogP contribution in [0.2, 0.25) is 5.02 Å². The number of nitrogens with one attached hydrogen (secondary N) is 1. The zero-order valence-electron chi connectivity index (χ0n) is 17.2. The first kappa shape index (κ1) is 21.5. The molecule has 2 heterocycles. The number of benzene rings is 2. The number of morpholine rings is 1. The molecule has 2 aliphatic heterocycles. The number of aromatic carboxylic acids is 1. The van der Waals surface area contributed by atoms with E-state index in [1.54, 1.807) is 18.2 Å². The highest BCUT2D eigenvalue weighted by Gasteiger charge is 2.39. The molecule has 168 valence electrons. The predicted molar refractivity (Wildman–Crippen MR) is 121 cm³/mol. The van der Waals surface area contributed by atoms with Gasteiger partial charge in [-0.15, -0.1) is 0 Å². The molecule has 1 aliphatic carbocycles. The summed E-state index contributed by atoms with van der Waals surface area (Å²) in [6.07, 6.45) is 5.05. The summed E-state index contributed by atoms with van der Waals surface area (Å²) < 4.78 is 32.6. The first-order valence-electron chi connectivity index (χ1n) is 10.5. The van der Waals surface area contributed by atoms with Gasteiger partial charge in [0.25, 0.3) is 0 Å². The zero-order chi connectivity index (χ0) is 22.5. The van der Waals surface area contributed by atoms with E-state index in [0.717, 1.165) is 23.2 Å². The maximum absolute atomic E-state index is 12.9. The van der Waals surface area contributed by atoms with Gasteiger partial charge in [-0.25, -0.2) is 13.2 Å². The molecule has 32 heavy (non-hydrogen) atoms. The van der Waals surface area contributed by atoms with E-state index in [2.05, 4.69) is 17.5 Å². The minimum absolute atomic E-state index is 0.0461. The SMILES string of the molecule is O=C(O)c1cc(Cl)c2c(c1)[C@H]1C=CC[C@H]1[C@@H](c1ccc(S(=O)(=O)N3CCOCC3)cc1)N2. The molecule has 2 N–H and O–H groups in total. The topological polar surface area (TPSA) is 95.9 Å². The first-order valence-corrected chi connectivity index (χ1v) is 12.4. The Morgan fingerprint density at radius 3 is 2.56 bits per heavy atom. The number of halogens is 1. The monoisotopic (exact) mass is 474 g/mol. The fourth-order valence-corrected chi connectivity index (χ4v) is 6.58. The van der Waals surface area contributed by atoms with Crippen LogP contribution in [0.3, 0.4) is 0 Å². The maximum atomic E-state index is 12.9.